The summed E-state index contributed by atoms with van der Waals surface area (Å²) in [6.45, 7) is 0. The Bertz CT molecular complexity index is 665. The lowest BCUT2D eigenvalue weighted by Gasteiger charge is -2.13. The van der Waals surface area contributed by atoms with E-state index in [1.807, 2.05) is 0 Å². The first-order valence-corrected chi connectivity index (χ1v) is 7.04. The van der Waals surface area contributed by atoms with Crippen LogP contribution >= 0.6 is 0 Å². The Morgan fingerprint density at radius 1 is 1.14 bits per heavy atom. The van der Waals surface area contributed by atoms with Gasteiger partial charge in [-0.2, -0.15) is 10.1 Å². The van der Waals surface area contributed by atoms with Crippen molar-refractivity contribution in [3.8, 4) is 5.75 Å². The van der Waals surface area contributed by atoms with Crippen molar-refractivity contribution >= 4 is 18.0 Å². The van der Waals surface area contributed by atoms with Gasteiger partial charge in [0.15, 0.2) is 0 Å². The fourth-order valence-electron chi connectivity index (χ4n) is 3.73. The molecule has 21 heavy (non-hydrogen) atoms. The Labute approximate surface area is 121 Å². The Balaban J connectivity index is 1.60. The molecular weight excluding hydrogens is 268 g/mol. The van der Waals surface area contributed by atoms with Gasteiger partial charge in [0.1, 0.15) is 5.75 Å². The van der Waals surface area contributed by atoms with Crippen LogP contribution in [-0.2, 0) is 9.59 Å². The van der Waals surface area contributed by atoms with Crippen molar-refractivity contribution < 1.29 is 14.7 Å². The molecular formula is C16H14N2O3. The van der Waals surface area contributed by atoms with Crippen LogP contribution in [0.1, 0.15) is 12.0 Å². The molecule has 1 aliphatic heterocycles. The van der Waals surface area contributed by atoms with Crippen LogP contribution in [0.3, 0.4) is 0 Å². The molecule has 0 aromatic heterocycles. The molecule has 2 bridgehead atoms. The first-order chi connectivity index (χ1) is 10.1. The number of aromatic hydroxyl groups is 1. The number of carbonyl (C=O) groups is 2. The summed E-state index contributed by atoms with van der Waals surface area (Å²) in [4.78, 5) is 24.8. The Hall–Kier alpha value is -2.43. The number of benzene rings is 1. The van der Waals surface area contributed by atoms with E-state index in [9.17, 15) is 14.7 Å². The number of phenols is 1. The summed E-state index contributed by atoms with van der Waals surface area (Å²) in [5, 5.41) is 14.5. The standard InChI is InChI=1S/C16H14N2O3/c19-12-3-1-2-9(6-12)8-17-18-15(20)13-10-4-5-11(7-10)14(13)16(18)21/h1-6,8,10-11,13-14,19H,7H2. The Morgan fingerprint density at radius 2 is 1.81 bits per heavy atom. The highest BCUT2D eigenvalue weighted by Crippen LogP contribution is 2.52. The second kappa shape index (κ2) is 4.28. The quantitative estimate of drug-likeness (QED) is 0.508. The highest BCUT2D eigenvalue weighted by atomic mass is 16.3. The number of hydrazone groups is 1. The third-order valence-electron chi connectivity index (χ3n) is 4.64. The summed E-state index contributed by atoms with van der Waals surface area (Å²) in [6, 6.07) is 6.52. The molecule has 4 unspecified atom stereocenters. The number of hydrogen-bond acceptors (Lipinski definition) is 4. The fraction of sp³-hybridized carbons (Fsp3) is 0.312. The molecule has 1 aromatic rings. The number of nitrogens with zero attached hydrogens (tertiary/aromatic N) is 2. The van der Waals surface area contributed by atoms with E-state index in [1.54, 1.807) is 18.2 Å². The topological polar surface area (TPSA) is 70.0 Å². The average molecular weight is 282 g/mol. The van der Waals surface area contributed by atoms with Gasteiger partial charge < -0.3 is 5.11 Å². The molecule has 106 valence electrons. The Morgan fingerprint density at radius 3 is 2.43 bits per heavy atom. The van der Waals surface area contributed by atoms with Gasteiger partial charge in [-0.05, 0) is 36.0 Å². The van der Waals surface area contributed by atoms with E-state index in [0.717, 1.165) is 11.4 Å². The van der Waals surface area contributed by atoms with Crippen LogP contribution in [0.5, 0.6) is 5.75 Å². The van der Waals surface area contributed by atoms with Gasteiger partial charge in [0.2, 0.25) is 0 Å². The molecule has 5 heteroatoms. The normalized spacial score (nSPS) is 33.4. The number of phenolic OH excluding ortho intramolecular Hbond substituents is 1. The van der Waals surface area contributed by atoms with Crippen molar-refractivity contribution in [1.82, 2.24) is 5.01 Å². The molecule has 1 heterocycles. The van der Waals surface area contributed by atoms with Crippen molar-refractivity contribution in [2.24, 2.45) is 28.8 Å². The molecule has 0 spiro atoms. The maximum atomic E-state index is 12.4. The summed E-state index contributed by atoms with van der Waals surface area (Å²) in [7, 11) is 0. The van der Waals surface area contributed by atoms with Crippen molar-refractivity contribution in [1.29, 1.82) is 0 Å². The SMILES string of the molecule is O=C1C2C3C=CC(C3)C2C(=O)N1N=Cc1cccc(O)c1. The molecule has 1 saturated heterocycles. The lowest BCUT2D eigenvalue weighted by molar-refractivity contribution is -0.140. The van der Waals surface area contributed by atoms with Gasteiger partial charge in [-0.25, -0.2) is 0 Å². The Kier molecular flexibility index (Phi) is 2.51. The lowest BCUT2D eigenvalue weighted by Crippen LogP contribution is -2.28. The van der Waals surface area contributed by atoms with E-state index in [0.29, 0.717) is 5.56 Å². The van der Waals surface area contributed by atoms with Gasteiger partial charge in [0.05, 0.1) is 18.1 Å². The summed E-state index contributed by atoms with van der Waals surface area (Å²) in [5.41, 5.74) is 0.647. The first kappa shape index (κ1) is 12.3. The third-order valence-corrected chi connectivity index (χ3v) is 4.64. The highest BCUT2D eigenvalue weighted by molar-refractivity contribution is 6.06. The maximum Gasteiger partial charge on any atom is 0.254 e. The first-order valence-electron chi connectivity index (χ1n) is 7.04. The van der Waals surface area contributed by atoms with Crippen LogP contribution in [0.2, 0.25) is 0 Å². The smallest absolute Gasteiger partial charge is 0.254 e. The number of fused-ring (bicyclic) bond motifs is 5. The second-order valence-corrected chi connectivity index (χ2v) is 5.83. The number of hydrogen-bond donors (Lipinski definition) is 1. The van der Waals surface area contributed by atoms with Crippen LogP contribution < -0.4 is 0 Å². The molecule has 3 aliphatic rings. The van der Waals surface area contributed by atoms with Crippen molar-refractivity contribution in [2.75, 3.05) is 0 Å². The van der Waals surface area contributed by atoms with Crippen molar-refractivity contribution in [3.63, 3.8) is 0 Å². The van der Waals surface area contributed by atoms with Gasteiger partial charge in [0.25, 0.3) is 11.8 Å². The van der Waals surface area contributed by atoms with Gasteiger partial charge in [-0.1, -0.05) is 24.3 Å². The van der Waals surface area contributed by atoms with Crippen LogP contribution in [0.4, 0.5) is 0 Å². The van der Waals surface area contributed by atoms with E-state index < -0.39 is 0 Å². The molecule has 1 N–H and O–H groups in total. The summed E-state index contributed by atoms with van der Waals surface area (Å²) in [5.74, 6) is -0.342. The third kappa shape index (κ3) is 1.73. The van der Waals surface area contributed by atoms with Crippen LogP contribution in [0, 0.1) is 23.7 Å². The summed E-state index contributed by atoms with van der Waals surface area (Å²) < 4.78 is 0. The van der Waals surface area contributed by atoms with Crippen LogP contribution in [-0.4, -0.2) is 28.1 Å². The fourth-order valence-corrected chi connectivity index (χ4v) is 3.73. The predicted octanol–water partition coefficient (Wildman–Crippen LogP) is 1.53. The summed E-state index contributed by atoms with van der Waals surface area (Å²) >= 11 is 0. The molecule has 4 rings (SSSR count). The van der Waals surface area contributed by atoms with E-state index >= 15 is 0 Å². The summed E-state index contributed by atoms with van der Waals surface area (Å²) in [6.07, 6.45) is 6.46. The van der Waals surface area contributed by atoms with Gasteiger partial charge >= 0.3 is 0 Å². The van der Waals surface area contributed by atoms with E-state index in [2.05, 4.69) is 17.3 Å². The van der Waals surface area contributed by atoms with Gasteiger partial charge in [-0.15, -0.1) is 0 Å². The van der Waals surface area contributed by atoms with E-state index in [1.165, 1.54) is 12.3 Å². The minimum atomic E-state index is -0.228. The van der Waals surface area contributed by atoms with E-state index in [4.69, 9.17) is 0 Å². The van der Waals surface area contributed by atoms with Crippen LogP contribution in [0.15, 0.2) is 41.5 Å². The number of rotatable bonds is 2. The maximum absolute atomic E-state index is 12.4. The van der Waals surface area contributed by atoms with Gasteiger partial charge in [0, 0.05) is 0 Å². The lowest BCUT2D eigenvalue weighted by atomic mass is 9.85. The zero-order valence-corrected chi connectivity index (χ0v) is 11.2. The van der Waals surface area contributed by atoms with Crippen molar-refractivity contribution in [2.45, 2.75) is 6.42 Å². The molecule has 4 atom stereocenters. The van der Waals surface area contributed by atoms with E-state index in [-0.39, 0.29) is 41.2 Å². The molecule has 0 radical (unpaired) electrons. The largest absolute Gasteiger partial charge is 0.508 e. The number of allylic oxidation sites excluding steroid dienone is 2. The highest BCUT2D eigenvalue weighted by Gasteiger charge is 2.59. The second-order valence-electron chi connectivity index (χ2n) is 5.83. The minimum absolute atomic E-state index is 0.122. The number of carbonyl (C=O) groups excluding carboxylic acids is 2. The van der Waals surface area contributed by atoms with Crippen molar-refractivity contribution in [3.05, 3.63) is 42.0 Å². The minimum Gasteiger partial charge on any atom is -0.508 e. The van der Waals surface area contributed by atoms with Crippen LogP contribution in [0.25, 0.3) is 0 Å². The van der Waals surface area contributed by atoms with Gasteiger partial charge in [-0.3, -0.25) is 9.59 Å². The molecule has 1 saturated carbocycles. The molecule has 2 aliphatic carbocycles. The predicted molar refractivity (Wildman–Crippen MR) is 75.3 cm³/mol. The monoisotopic (exact) mass is 282 g/mol. The molecule has 5 nitrogen and oxygen atoms in total. The molecule has 1 aromatic carbocycles. The molecule has 2 amide bonds. The average Bonchev–Trinajstić information content (AvgIpc) is 3.12. The zero-order valence-electron chi connectivity index (χ0n) is 11.2. The number of amides is 2. The zero-order chi connectivity index (χ0) is 14.6. The molecule has 2 fully saturated rings. The number of imide groups is 1.